The number of benzene rings is 2. The summed E-state index contributed by atoms with van der Waals surface area (Å²) in [4.78, 5) is 41.6. The van der Waals surface area contributed by atoms with Gasteiger partial charge in [-0.1, -0.05) is 35.4 Å². The number of rotatable bonds is 2. The average molecular weight is 307 g/mol. The summed E-state index contributed by atoms with van der Waals surface area (Å²) < 4.78 is 0. The van der Waals surface area contributed by atoms with Gasteiger partial charge in [-0.3, -0.25) is 14.7 Å². The van der Waals surface area contributed by atoms with Crippen LogP contribution in [0.3, 0.4) is 0 Å². The van der Waals surface area contributed by atoms with E-state index in [1.807, 2.05) is 0 Å². The lowest BCUT2D eigenvalue weighted by Gasteiger charge is -2.11. The lowest BCUT2D eigenvalue weighted by Crippen LogP contribution is -2.32. The Bertz CT molecular complexity index is 941. The predicted molar refractivity (Wildman–Crippen MR) is 78.5 cm³/mol. The van der Waals surface area contributed by atoms with Gasteiger partial charge in [-0.05, 0) is 18.2 Å². The van der Waals surface area contributed by atoms with Crippen molar-refractivity contribution in [3.63, 3.8) is 0 Å². The van der Waals surface area contributed by atoms with Crippen LogP contribution in [0.2, 0.25) is 0 Å². The van der Waals surface area contributed by atoms with E-state index in [9.17, 15) is 14.4 Å². The number of imide groups is 1. The van der Waals surface area contributed by atoms with Crippen molar-refractivity contribution in [2.45, 2.75) is 0 Å². The molecule has 1 N–H and O–H groups in total. The SMILES string of the molecule is O=C(ON1C(=O)c2ccccc2C1=O)c1n[nH]c2ccccc12. The summed E-state index contributed by atoms with van der Waals surface area (Å²) in [7, 11) is 0. The molecule has 0 unspecified atom stereocenters. The van der Waals surface area contributed by atoms with Crippen molar-refractivity contribution >= 4 is 28.7 Å². The van der Waals surface area contributed by atoms with E-state index in [0.29, 0.717) is 16.0 Å². The highest BCUT2D eigenvalue weighted by Gasteiger charge is 2.39. The largest absolute Gasteiger partial charge is 0.384 e. The Labute approximate surface area is 129 Å². The Morgan fingerprint density at radius 1 is 0.957 bits per heavy atom. The summed E-state index contributed by atoms with van der Waals surface area (Å²) in [5, 5.41) is 7.60. The van der Waals surface area contributed by atoms with Crippen LogP contribution in [0.25, 0.3) is 10.9 Å². The summed E-state index contributed by atoms with van der Waals surface area (Å²) in [6, 6.07) is 13.3. The molecule has 0 spiro atoms. The summed E-state index contributed by atoms with van der Waals surface area (Å²) in [5.41, 5.74) is 1.08. The number of hydroxylamine groups is 2. The molecule has 112 valence electrons. The Morgan fingerprint density at radius 2 is 1.57 bits per heavy atom. The number of nitrogens with zero attached hydrogens (tertiary/aromatic N) is 2. The van der Waals surface area contributed by atoms with Gasteiger partial charge >= 0.3 is 5.97 Å². The van der Waals surface area contributed by atoms with Gasteiger partial charge < -0.3 is 4.84 Å². The normalized spacial score (nSPS) is 13.5. The first kappa shape index (κ1) is 13.2. The van der Waals surface area contributed by atoms with Gasteiger partial charge in [0.25, 0.3) is 11.8 Å². The number of para-hydroxylation sites is 1. The smallest absolute Gasteiger partial charge is 0.322 e. The van der Waals surface area contributed by atoms with Gasteiger partial charge in [0.05, 0.1) is 16.6 Å². The van der Waals surface area contributed by atoms with Gasteiger partial charge in [-0.2, -0.15) is 5.10 Å². The Morgan fingerprint density at radius 3 is 2.26 bits per heavy atom. The number of nitrogens with one attached hydrogen (secondary N) is 1. The number of carbonyl (C=O) groups is 3. The van der Waals surface area contributed by atoms with Gasteiger partial charge in [0, 0.05) is 5.39 Å². The maximum absolute atomic E-state index is 12.3. The molecule has 2 heterocycles. The fourth-order valence-corrected chi connectivity index (χ4v) is 2.50. The van der Waals surface area contributed by atoms with Crippen LogP contribution in [0, 0.1) is 0 Å². The molecule has 0 atom stereocenters. The minimum absolute atomic E-state index is 0.0113. The monoisotopic (exact) mass is 307 g/mol. The van der Waals surface area contributed by atoms with Crippen LogP contribution in [0.5, 0.6) is 0 Å². The van der Waals surface area contributed by atoms with Crippen LogP contribution in [0.4, 0.5) is 0 Å². The van der Waals surface area contributed by atoms with Crippen LogP contribution in [-0.2, 0) is 4.84 Å². The maximum Gasteiger partial charge on any atom is 0.384 e. The second kappa shape index (κ2) is 4.77. The van der Waals surface area contributed by atoms with E-state index in [2.05, 4.69) is 10.2 Å². The van der Waals surface area contributed by atoms with Crippen molar-refractivity contribution in [3.05, 3.63) is 65.4 Å². The topological polar surface area (TPSA) is 92.4 Å². The second-order valence-corrected chi connectivity index (χ2v) is 4.95. The number of hydrogen-bond donors (Lipinski definition) is 1. The highest BCUT2D eigenvalue weighted by Crippen LogP contribution is 2.24. The van der Waals surface area contributed by atoms with E-state index in [1.54, 1.807) is 36.4 Å². The molecule has 0 saturated heterocycles. The van der Waals surface area contributed by atoms with Crippen molar-refractivity contribution in [1.82, 2.24) is 15.3 Å². The minimum atomic E-state index is -0.878. The van der Waals surface area contributed by atoms with Crippen LogP contribution in [0.1, 0.15) is 31.2 Å². The third-order valence-corrected chi connectivity index (χ3v) is 3.59. The van der Waals surface area contributed by atoms with E-state index < -0.39 is 17.8 Å². The molecule has 0 aliphatic carbocycles. The predicted octanol–water partition coefficient (Wildman–Crippen LogP) is 1.93. The molecule has 4 rings (SSSR count). The number of aromatic nitrogens is 2. The number of carbonyl (C=O) groups excluding carboxylic acids is 3. The van der Waals surface area contributed by atoms with Gasteiger partial charge in [0.2, 0.25) is 0 Å². The molecule has 1 aliphatic heterocycles. The molecule has 23 heavy (non-hydrogen) atoms. The molecule has 3 aromatic rings. The summed E-state index contributed by atoms with van der Waals surface area (Å²) >= 11 is 0. The van der Waals surface area contributed by atoms with E-state index in [1.165, 1.54) is 12.1 Å². The number of hydrogen-bond acceptors (Lipinski definition) is 5. The lowest BCUT2D eigenvalue weighted by atomic mass is 10.1. The Balaban J connectivity index is 1.65. The van der Waals surface area contributed by atoms with Gasteiger partial charge in [-0.25, -0.2) is 4.79 Å². The minimum Gasteiger partial charge on any atom is -0.322 e. The highest BCUT2D eigenvalue weighted by atomic mass is 16.7. The Kier molecular flexibility index (Phi) is 2.74. The zero-order valence-corrected chi connectivity index (χ0v) is 11.6. The third kappa shape index (κ3) is 1.90. The molecule has 0 saturated carbocycles. The van der Waals surface area contributed by atoms with Gasteiger partial charge in [-0.15, -0.1) is 0 Å². The highest BCUT2D eigenvalue weighted by molar-refractivity contribution is 6.21. The summed E-state index contributed by atoms with van der Waals surface area (Å²) in [6.07, 6.45) is 0. The molecule has 7 heteroatoms. The van der Waals surface area contributed by atoms with E-state index in [0.717, 1.165) is 0 Å². The standard InChI is InChI=1S/C16H9N3O4/c20-14-9-5-1-2-6-10(9)15(21)19(14)23-16(22)13-11-7-3-4-8-12(11)17-18-13/h1-8H,(H,17,18). The summed E-state index contributed by atoms with van der Waals surface area (Å²) in [6.45, 7) is 0. The van der Waals surface area contributed by atoms with E-state index >= 15 is 0 Å². The molecule has 0 bridgehead atoms. The quantitative estimate of drug-likeness (QED) is 0.730. The van der Waals surface area contributed by atoms with Crippen molar-refractivity contribution in [2.75, 3.05) is 0 Å². The van der Waals surface area contributed by atoms with Crippen molar-refractivity contribution in [2.24, 2.45) is 0 Å². The molecular formula is C16H9N3O4. The first-order valence-corrected chi connectivity index (χ1v) is 6.80. The zero-order chi connectivity index (χ0) is 16.0. The lowest BCUT2D eigenvalue weighted by molar-refractivity contribution is -0.0587. The maximum atomic E-state index is 12.3. The van der Waals surface area contributed by atoms with E-state index in [-0.39, 0.29) is 16.8 Å². The molecular weight excluding hydrogens is 298 g/mol. The average Bonchev–Trinajstić information content (AvgIpc) is 3.11. The van der Waals surface area contributed by atoms with Gasteiger partial charge in [0.1, 0.15) is 0 Å². The molecule has 0 radical (unpaired) electrons. The molecule has 2 amide bonds. The first-order valence-electron chi connectivity index (χ1n) is 6.80. The van der Waals surface area contributed by atoms with Crippen molar-refractivity contribution < 1.29 is 19.2 Å². The fourth-order valence-electron chi connectivity index (χ4n) is 2.50. The van der Waals surface area contributed by atoms with Gasteiger partial charge in [0.15, 0.2) is 5.69 Å². The molecule has 7 nitrogen and oxygen atoms in total. The number of H-pyrrole nitrogens is 1. The second-order valence-electron chi connectivity index (χ2n) is 4.95. The molecule has 0 fully saturated rings. The number of aromatic amines is 1. The van der Waals surface area contributed by atoms with Crippen molar-refractivity contribution in [3.8, 4) is 0 Å². The third-order valence-electron chi connectivity index (χ3n) is 3.59. The van der Waals surface area contributed by atoms with Crippen LogP contribution in [-0.4, -0.2) is 33.0 Å². The fraction of sp³-hybridized carbons (Fsp3) is 0. The van der Waals surface area contributed by atoms with E-state index in [4.69, 9.17) is 4.84 Å². The molecule has 2 aromatic carbocycles. The Hall–Kier alpha value is -3.48. The van der Waals surface area contributed by atoms with Crippen LogP contribution >= 0.6 is 0 Å². The molecule has 1 aromatic heterocycles. The number of amides is 2. The first-order chi connectivity index (χ1) is 11.2. The zero-order valence-electron chi connectivity index (χ0n) is 11.6. The van der Waals surface area contributed by atoms with Crippen LogP contribution in [0.15, 0.2) is 48.5 Å². The number of fused-ring (bicyclic) bond motifs is 2. The van der Waals surface area contributed by atoms with Crippen molar-refractivity contribution in [1.29, 1.82) is 0 Å². The molecule has 1 aliphatic rings. The summed E-state index contributed by atoms with van der Waals surface area (Å²) in [5.74, 6) is -2.21. The van der Waals surface area contributed by atoms with Crippen LogP contribution < -0.4 is 0 Å².